The maximum Gasteiger partial charge on any atom is 0.387 e. The number of carbonyl (C=O) groups excluding carboxylic acids is 1. The molecule has 0 aliphatic rings. The van der Waals surface area contributed by atoms with Gasteiger partial charge in [-0.05, 0) is 42.3 Å². The highest BCUT2D eigenvalue weighted by Crippen LogP contribution is 2.28. The van der Waals surface area contributed by atoms with Gasteiger partial charge in [-0.3, -0.25) is 4.79 Å². The lowest BCUT2D eigenvalue weighted by atomic mass is 9.98. The number of hydrogen-bond acceptors (Lipinski definition) is 6. The molecule has 1 atom stereocenters. The van der Waals surface area contributed by atoms with Crippen LogP contribution < -0.4 is 15.9 Å². The fourth-order valence-corrected chi connectivity index (χ4v) is 4.24. The Labute approximate surface area is 205 Å². The first-order valence-electron chi connectivity index (χ1n) is 10.7. The molecule has 35 heavy (non-hydrogen) atoms. The van der Waals surface area contributed by atoms with Gasteiger partial charge in [0, 0.05) is 5.56 Å². The Hall–Kier alpha value is -3.92. The zero-order chi connectivity index (χ0) is 24.8. The number of nitrogens with two attached hydrogens (primary N) is 1. The summed E-state index contributed by atoms with van der Waals surface area (Å²) in [6, 6.07) is 25.0. The molecule has 0 bridgehead atoms. The topological polar surface area (TPSA) is 95.1 Å². The SMILES string of the molecule is C[C@H](Sc1nnc(-c2ccc(OC(F)F)cc2)n1N)C(=O)NC(c1ccccc1)c1ccccc1. The number of alkyl halides is 2. The van der Waals surface area contributed by atoms with E-state index in [0.717, 1.165) is 11.1 Å². The number of hydrogen-bond donors (Lipinski definition) is 2. The van der Waals surface area contributed by atoms with E-state index in [0.29, 0.717) is 16.5 Å². The predicted molar refractivity (Wildman–Crippen MR) is 130 cm³/mol. The molecule has 10 heteroatoms. The van der Waals surface area contributed by atoms with Gasteiger partial charge in [0.2, 0.25) is 11.1 Å². The van der Waals surface area contributed by atoms with Crippen molar-refractivity contribution < 1.29 is 18.3 Å². The van der Waals surface area contributed by atoms with Gasteiger partial charge in [-0.25, -0.2) is 4.68 Å². The fraction of sp³-hybridized carbons (Fsp3) is 0.160. The molecule has 7 nitrogen and oxygen atoms in total. The molecule has 0 unspecified atom stereocenters. The Kier molecular flexibility index (Phi) is 7.61. The van der Waals surface area contributed by atoms with Gasteiger partial charge in [0.25, 0.3) is 0 Å². The van der Waals surface area contributed by atoms with Crippen LogP contribution in [0.2, 0.25) is 0 Å². The molecule has 0 aliphatic heterocycles. The zero-order valence-electron chi connectivity index (χ0n) is 18.7. The molecule has 0 aliphatic carbocycles. The van der Waals surface area contributed by atoms with E-state index in [9.17, 15) is 13.6 Å². The van der Waals surface area contributed by atoms with Gasteiger partial charge in [-0.1, -0.05) is 72.4 Å². The Balaban J connectivity index is 1.47. The summed E-state index contributed by atoms with van der Waals surface area (Å²) < 4.78 is 30.4. The maximum absolute atomic E-state index is 13.1. The third kappa shape index (κ3) is 5.96. The highest BCUT2D eigenvalue weighted by atomic mass is 32.2. The molecule has 1 amide bonds. The van der Waals surface area contributed by atoms with Crippen LogP contribution >= 0.6 is 11.8 Å². The van der Waals surface area contributed by atoms with Gasteiger partial charge in [-0.2, -0.15) is 8.78 Å². The first-order valence-corrected chi connectivity index (χ1v) is 11.6. The maximum atomic E-state index is 13.1. The number of thioether (sulfide) groups is 1. The van der Waals surface area contributed by atoms with Crippen molar-refractivity contribution in [3.8, 4) is 17.1 Å². The number of nitrogens with zero attached hydrogens (tertiary/aromatic N) is 3. The summed E-state index contributed by atoms with van der Waals surface area (Å²) in [4.78, 5) is 13.1. The molecule has 180 valence electrons. The van der Waals surface area contributed by atoms with Crippen molar-refractivity contribution in [2.75, 3.05) is 5.84 Å². The number of benzene rings is 3. The van der Waals surface area contributed by atoms with Crippen LogP contribution in [0.1, 0.15) is 24.1 Å². The highest BCUT2D eigenvalue weighted by molar-refractivity contribution is 8.00. The number of nitrogen functional groups attached to an aromatic ring is 1. The average molecular weight is 496 g/mol. The standard InChI is InChI=1S/C25H23F2N5O2S/c1-16(23(33)29-21(17-8-4-2-5-9-17)18-10-6-3-7-11-18)35-25-31-30-22(32(25)28)19-12-14-20(15-13-19)34-24(26)27/h2-16,21,24H,28H2,1H3,(H,29,33)/t16-/m0/s1. The normalized spacial score (nSPS) is 12.0. The largest absolute Gasteiger partial charge is 0.435 e. The molecule has 4 rings (SSSR count). The minimum Gasteiger partial charge on any atom is -0.435 e. The van der Waals surface area contributed by atoms with Crippen LogP contribution in [-0.2, 0) is 4.79 Å². The van der Waals surface area contributed by atoms with Gasteiger partial charge in [-0.15, -0.1) is 10.2 Å². The van der Waals surface area contributed by atoms with Crippen molar-refractivity contribution in [2.45, 2.75) is 30.0 Å². The van der Waals surface area contributed by atoms with E-state index in [2.05, 4.69) is 20.3 Å². The molecule has 1 aromatic heterocycles. The van der Waals surface area contributed by atoms with Crippen molar-refractivity contribution in [1.82, 2.24) is 20.2 Å². The Morgan fingerprint density at radius 1 is 0.943 bits per heavy atom. The molecule has 0 saturated carbocycles. The summed E-state index contributed by atoms with van der Waals surface area (Å²) >= 11 is 1.17. The lowest BCUT2D eigenvalue weighted by Crippen LogP contribution is -2.35. The zero-order valence-corrected chi connectivity index (χ0v) is 19.5. The molecule has 0 spiro atoms. The molecule has 0 radical (unpaired) electrons. The van der Waals surface area contributed by atoms with Crippen LogP contribution in [0.5, 0.6) is 5.75 Å². The Bertz CT molecular complexity index is 1210. The van der Waals surface area contributed by atoms with Crippen molar-refractivity contribution in [3.05, 3.63) is 96.1 Å². The molecular weight excluding hydrogens is 472 g/mol. The summed E-state index contributed by atoms with van der Waals surface area (Å²) in [7, 11) is 0. The Morgan fingerprint density at radius 2 is 1.51 bits per heavy atom. The molecule has 3 N–H and O–H groups in total. The number of carbonyl (C=O) groups is 1. The lowest BCUT2D eigenvalue weighted by molar-refractivity contribution is -0.120. The number of halogens is 2. The van der Waals surface area contributed by atoms with Crippen molar-refractivity contribution >= 4 is 17.7 Å². The number of aromatic nitrogens is 3. The predicted octanol–water partition coefficient (Wildman–Crippen LogP) is 4.65. The second kappa shape index (κ2) is 11.0. The minimum atomic E-state index is -2.90. The van der Waals surface area contributed by atoms with E-state index in [1.165, 1.54) is 28.6 Å². The van der Waals surface area contributed by atoms with Crippen molar-refractivity contribution in [3.63, 3.8) is 0 Å². The van der Waals surface area contributed by atoms with Crippen LogP contribution in [0, 0.1) is 0 Å². The van der Waals surface area contributed by atoms with Crippen molar-refractivity contribution in [1.29, 1.82) is 0 Å². The van der Waals surface area contributed by atoms with Crippen molar-refractivity contribution in [2.24, 2.45) is 0 Å². The molecule has 1 heterocycles. The fourth-order valence-electron chi connectivity index (χ4n) is 3.46. The number of rotatable bonds is 9. The summed E-state index contributed by atoms with van der Waals surface area (Å²) in [5, 5.41) is 11.1. The third-order valence-electron chi connectivity index (χ3n) is 5.21. The number of nitrogens with one attached hydrogen (secondary N) is 1. The van der Waals surface area contributed by atoms with E-state index in [1.54, 1.807) is 19.1 Å². The molecule has 3 aromatic carbocycles. The van der Waals surface area contributed by atoms with E-state index < -0.39 is 11.9 Å². The average Bonchev–Trinajstić information content (AvgIpc) is 3.23. The first-order chi connectivity index (χ1) is 16.9. The lowest BCUT2D eigenvalue weighted by Gasteiger charge is -2.22. The summed E-state index contributed by atoms with van der Waals surface area (Å²) in [5.41, 5.74) is 2.50. The monoisotopic (exact) mass is 495 g/mol. The third-order valence-corrected chi connectivity index (χ3v) is 6.26. The second-order valence-electron chi connectivity index (χ2n) is 7.60. The van der Waals surface area contributed by atoms with E-state index in [1.807, 2.05) is 60.7 Å². The number of amides is 1. The van der Waals surface area contributed by atoms with E-state index in [-0.39, 0.29) is 17.7 Å². The summed E-state index contributed by atoms with van der Waals surface area (Å²) in [6.45, 7) is -1.14. The summed E-state index contributed by atoms with van der Waals surface area (Å²) in [6.07, 6.45) is 0. The first kappa shape index (κ1) is 24.2. The van der Waals surface area contributed by atoms with Gasteiger partial charge in [0.1, 0.15) is 5.75 Å². The summed E-state index contributed by atoms with van der Waals surface area (Å²) in [5.74, 6) is 6.34. The quantitative estimate of drug-likeness (QED) is 0.259. The van der Waals surface area contributed by atoms with Crippen LogP contribution in [-0.4, -0.2) is 32.6 Å². The van der Waals surface area contributed by atoms with Gasteiger partial charge in [0.15, 0.2) is 5.82 Å². The van der Waals surface area contributed by atoms with E-state index >= 15 is 0 Å². The highest BCUT2D eigenvalue weighted by Gasteiger charge is 2.24. The Morgan fingerprint density at radius 3 is 2.06 bits per heavy atom. The molecule has 4 aromatic rings. The van der Waals surface area contributed by atoms with Gasteiger partial charge >= 0.3 is 6.61 Å². The molecular formula is C25H23F2N5O2S. The molecule has 0 fully saturated rings. The van der Waals surface area contributed by atoms with Crippen LogP contribution in [0.4, 0.5) is 8.78 Å². The molecule has 0 saturated heterocycles. The van der Waals surface area contributed by atoms with Gasteiger partial charge < -0.3 is 15.9 Å². The van der Waals surface area contributed by atoms with Gasteiger partial charge in [0.05, 0.1) is 11.3 Å². The van der Waals surface area contributed by atoms with Crippen LogP contribution in [0.3, 0.4) is 0 Å². The van der Waals surface area contributed by atoms with E-state index in [4.69, 9.17) is 5.84 Å². The smallest absolute Gasteiger partial charge is 0.387 e. The van der Waals surface area contributed by atoms with Crippen LogP contribution in [0.25, 0.3) is 11.4 Å². The second-order valence-corrected chi connectivity index (χ2v) is 8.91. The minimum absolute atomic E-state index is 0.0260. The van der Waals surface area contributed by atoms with Crippen LogP contribution in [0.15, 0.2) is 90.1 Å². The number of ether oxygens (including phenoxy) is 1.